The van der Waals surface area contributed by atoms with E-state index in [9.17, 15) is 0 Å². The van der Waals surface area contributed by atoms with Gasteiger partial charge in [0.25, 0.3) is 0 Å². The van der Waals surface area contributed by atoms with Crippen LogP contribution in [0.25, 0.3) is 0 Å². The Hall–Kier alpha value is 0.407. The van der Waals surface area contributed by atoms with Crippen LogP contribution in [-0.4, -0.2) is 28.2 Å². The van der Waals surface area contributed by atoms with Crippen molar-refractivity contribution in [2.24, 2.45) is 0 Å². The Morgan fingerprint density at radius 1 is 0.833 bits per heavy atom. The molecule has 0 saturated carbocycles. The van der Waals surface area contributed by atoms with E-state index in [4.69, 9.17) is 19.2 Å². The summed E-state index contributed by atoms with van der Waals surface area (Å²) in [5.41, 5.74) is 0. The van der Waals surface area contributed by atoms with Crippen LogP contribution >= 0.6 is 13.5 Å². The second kappa shape index (κ2) is 2.56. The Bertz CT molecular complexity index is 23.0. The molecule has 0 heterocycles. The quantitative estimate of drug-likeness (QED) is 0.273. The molecule has 0 bridgehead atoms. The summed E-state index contributed by atoms with van der Waals surface area (Å²) in [4.78, 5) is 29.3. The van der Waals surface area contributed by atoms with Gasteiger partial charge >= 0.3 is 9.05 Å². The number of rotatable bonds is 0. The maximum Gasteiger partial charge on any atom is 0.668 e. The Morgan fingerprint density at radius 2 is 0.833 bits per heavy atom. The summed E-state index contributed by atoms with van der Waals surface area (Å²) in [5.74, 6) is 0. The lowest BCUT2D eigenvalue weighted by Gasteiger charge is -1.91. The maximum absolute atomic E-state index is 7.33. The zero-order chi connectivity index (χ0) is 4.50. The second-order valence-corrected chi connectivity index (χ2v) is 1.80. The Labute approximate surface area is 42.6 Å². The van der Waals surface area contributed by atoms with Crippen molar-refractivity contribution in [2.45, 2.75) is 0 Å². The average Bonchev–Trinajstić information content (AvgIpc) is 0.722. The van der Waals surface area contributed by atoms with Crippen molar-refractivity contribution in [3.8, 4) is 0 Å². The molecule has 0 radical (unpaired) electrons. The molecule has 0 aromatic heterocycles. The van der Waals surface area contributed by atoms with Crippen LogP contribution < -0.4 is 0 Å². The van der Waals surface area contributed by atoms with Gasteiger partial charge in [-0.2, -0.15) is 13.5 Å². The van der Waals surface area contributed by atoms with E-state index in [1.807, 2.05) is 0 Å². The predicted octanol–water partition coefficient (Wildman–Crippen LogP) is -2.50. The van der Waals surface area contributed by atoms with E-state index in [2.05, 4.69) is 0 Å². The van der Waals surface area contributed by atoms with E-state index < -0.39 is 9.05 Å². The minimum atomic E-state index is -4.61. The number of hydrogen-bond donors (Lipinski definition) is 4. The molecule has 40 valence electrons. The molecule has 0 aliphatic rings. The van der Waals surface area contributed by atoms with Crippen LogP contribution in [0.4, 0.5) is 0 Å². The van der Waals surface area contributed by atoms with Crippen LogP contribution in [0.5, 0.6) is 0 Å². The molecular formula is H6O4SSi. The third-order valence-electron chi connectivity index (χ3n) is 0. The molecule has 0 unspecified atom stereocenters. The fraction of sp³-hybridized carbons (Fsp3) is 0. The van der Waals surface area contributed by atoms with Crippen LogP contribution in [0.3, 0.4) is 0 Å². The van der Waals surface area contributed by atoms with Gasteiger partial charge in [-0.05, 0) is 0 Å². The fourth-order valence-corrected chi connectivity index (χ4v) is 0. The topological polar surface area (TPSA) is 80.9 Å². The summed E-state index contributed by atoms with van der Waals surface area (Å²) in [6, 6.07) is 0. The molecule has 0 atom stereocenters. The third-order valence-corrected chi connectivity index (χ3v) is 0. The van der Waals surface area contributed by atoms with Gasteiger partial charge in [-0.15, -0.1) is 0 Å². The first-order chi connectivity index (χ1) is 2.00. The molecule has 0 aromatic rings. The molecule has 0 aromatic carbocycles. The Morgan fingerprint density at radius 3 is 0.833 bits per heavy atom. The lowest BCUT2D eigenvalue weighted by atomic mass is 15.7. The highest BCUT2D eigenvalue weighted by Crippen LogP contribution is 1.67. The van der Waals surface area contributed by atoms with Crippen molar-refractivity contribution in [3.05, 3.63) is 0 Å². The van der Waals surface area contributed by atoms with E-state index >= 15 is 0 Å². The van der Waals surface area contributed by atoms with Gasteiger partial charge in [0.2, 0.25) is 0 Å². The maximum atomic E-state index is 7.33. The van der Waals surface area contributed by atoms with E-state index in [0.29, 0.717) is 0 Å². The Kier molecular flexibility index (Phi) is 4.11. The van der Waals surface area contributed by atoms with Crippen molar-refractivity contribution in [1.82, 2.24) is 0 Å². The summed E-state index contributed by atoms with van der Waals surface area (Å²) in [6.07, 6.45) is 0. The van der Waals surface area contributed by atoms with Gasteiger partial charge in [0, 0.05) is 0 Å². The number of hydrogen-bond acceptors (Lipinski definition) is 4. The highest BCUT2D eigenvalue weighted by molar-refractivity contribution is 7.59. The van der Waals surface area contributed by atoms with E-state index in [1.54, 1.807) is 0 Å². The first kappa shape index (κ1) is 9.64. The molecule has 6 heavy (non-hydrogen) atoms. The molecule has 0 saturated heterocycles. The molecule has 6 heteroatoms. The van der Waals surface area contributed by atoms with Crippen LogP contribution in [0.2, 0.25) is 0 Å². The molecule has 0 fully saturated rings. The van der Waals surface area contributed by atoms with Crippen molar-refractivity contribution in [3.63, 3.8) is 0 Å². The summed E-state index contributed by atoms with van der Waals surface area (Å²) in [5, 5.41) is 0. The molecule has 0 aliphatic heterocycles. The standard InChI is InChI=1S/H4O4Si.H2S/c1-5(2,3)4;/h1-4H;1H2. The smallest absolute Gasteiger partial charge is 0.368 e. The van der Waals surface area contributed by atoms with Crippen LogP contribution in [-0.2, 0) is 0 Å². The SMILES string of the molecule is O[Si](O)(O)O.S. The normalized spacial score (nSPS) is 10.0. The lowest BCUT2D eigenvalue weighted by Crippen LogP contribution is -2.33. The van der Waals surface area contributed by atoms with Crippen LogP contribution in [0.1, 0.15) is 0 Å². The van der Waals surface area contributed by atoms with Crippen LogP contribution in [0, 0.1) is 0 Å². The van der Waals surface area contributed by atoms with E-state index in [0.717, 1.165) is 0 Å². The van der Waals surface area contributed by atoms with Gasteiger partial charge < -0.3 is 19.2 Å². The molecular weight excluding hydrogens is 124 g/mol. The third kappa shape index (κ3) is 309. The second-order valence-electron chi connectivity index (χ2n) is 0.600. The Balaban J connectivity index is 0. The lowest BCUT2D eigenvalue weighted by molar-refractivity contribution is 0.117. The van der Waals surface area contributed by atoms with E-state index in [1.165, 1.54) is 0 Å². The van der Waals surface area contributed by atoms with E-state index in [-0.39, 0.29) is 13.5 Å². The van der Waals surface area contributed by atoms with Gasteiger partial charge in [0.1, 0.15) is 0 Å². The molecule has 0 spiro atoms. The highest BCUT2D eigenvalue weighted by atomic mass is 32.1. The van der Waals surface area contributed by atoms with Crippen molar-refractivity contribution in [2.75, 3.05) is 0 Å². The van der Waals surface area contributed by atoms with Crippen molar-refractivity contribution in [1.29, 1.82) is 0 Å². The molecule has 0 amide bonds. The molecule has 4 N–H and O–H groups in total. The minimum absolute atomic E-state index is 0. The summed E-state index contributed by atoms with van der Waals surface area (Å²) < 4.78 is 0. The fourth-order valence-electron chi connectivity index (χ4n) is 0. The average molecular weight is 130 g/mol. The van der Waals surface area contributed by atoms with Gasteiger partial charge in [0.15, 0.2) is 0 Å². The van der Waals surface area contributed by atoms with Gasteiger partial charge in [-0.25, -0.2) is 0 Å². The monoisotopic (exact) mass is 130 g/mol. The van der Waals surface area contributed by atoms with Crippen molar-refractivity contribution >= 4 is 22.5 Å². The van der Waals surface area contributed by atoms with Crippen LogP contribution in [0.15, 0.2) is 0 Å². The summed E-state index contributed by atoms with van der Waals surface area (Å²) >= 11 is 0. The summed E-state index contributed by atoms with van der Waals surface area (Å²) in [6.45, 7) is 0. The minimum Gasteiger partial charge on any atom is -0.368 e. The highest BCUT2D eigenvalue weighted by Gasteiger charge is 2.22. The molecule has 0 rings (SSSR count). The van der Waals surface area contributed by atoms with Crippen molar-refractivity contribution < 1.29 is 19.2 Å². The first-order valence-corrected chi connectivity index (χ1v) is 2.68. The van der Waals surface area contributed by atoms with Gasteiger partial charge in [-0.1, -0.05) is 0 Å². The molecule has 4 nitrogen and oxygen atoms in total. The van der Waals surface area contributed by atoms with Gasteiger partial charge in [-0.3, -0.25) is 0 Å². The first-order valence-electron chi connectivity index (χ1n) is 0.894. The predicted molar refractivity (Wildman–Crippen MR) is 25.0 cm³/mol. The molecule has 0 aliphatic carbocycles. The summed E-state index contributed by atoms with van der Waals surface area (Å²) in [7, 11) is -4.61. The van der Waals surface area contributed by atoms with Gasteiger partial charge in [0.05, 0.1) is 0 Å². The zero-order valence-corrected chi connectivity index (χ0v) is 4.79. The largest absolute Gasteiger partial charge is 0.668 e. The zero-order valence-electron chi connectivity index (χ0n) is 2.79.